The van der Waals surface area contributed by atoms with Crippen LogP contribution in [-0.2, 0) is 16.4 Å². The molecular weight excluding hydrogens is 317 g/mol. The number of nitrogens with zero attached hydrogens (tertiary/aromatic N) is 1. The average Bonchev–Trinajstić information content (AvgIpc) is 3.14. The number of hydrogen-bond donors (Lipinski definition) is 1. The number of rotatable bonds is 2. The van der Waals surface area contributed by atoms with E-state index in [-0.39, 0.29) is 24.4 Å². The number of amides is 1. The summed E-state index contributed by atoms with van der Waals surface area (Å²) in [7, 11) is 0. The lowest BCUT2D eigenvalue weighted by atomic mass is 9.92. The van der Waals surface area contributed by atoms with Crippen LogP contribution in [0.4, 0.5) is 13.2 Å². The number of nitrogens with two attached hydrogens (primary N) is 1. The van der Waals surface area contributed by atoms with Gasteiger partial charge in [0.25, 0.3) is 0 Å². The highest BCUT2D eigenvalue weighted by molar-refractivity contribution is 5.91. The molecule has 0 spiro atoms. The third-order valence-corrected chi connectivity index (χ3v) is 4.41. The lowest BCUT2D eigenvalue weighted by Crippen LogP contribution is -2.39. The summed E-state index contributed by atoms with van der Waals surface area (Å²) in [6, 6.07) is 5.12. The zero-order valence-corrected chi connectivity index (χ0v) is 12.7. The van der Waals surface area contributed by atoms with Gasteiger partial charge in [0.05, 0.1) is 11.0 Å². The second-order valence-corrected chi connectivity index (χ2v) is 5.96. The van der Waals surface area contributed by atoms with Crippen LogP contribution in [0.25, 0.3) is 0 Å². The first-order chi connectivity index (χ1) is 9.83. The molecule has 1 amide bonds. The summed E-state index contributed by atoms with van der Waals surface area (Å²) >= 11 is 0. The molecule has 1 aromatic rings. The van der Waals surface area contributed by atoms with E-state index in [4.69, 9.17) is 5.73 Å². The van der Waals surface area contributed by atoms with Gasteiger partial charge in [-0.15, -0.1) is 12.4 Å². The predicted molar refractivity (Wildman–Crippen MR) is 78.8 cm³/mol. The third-order valence-electron chi connectivity index (χ3n) is 4.41. The quantitative estimate of drug-likeness (QED) is 0.904. The molecule has 22 heavy (non-hydrogen) atoms. The summed E-state index contributed by atoms with van der Waals surface area (Å²) in [6.45, 7) is 1.10. The first-order valence-corrected chi connectivity index (χ1v) is 7.06. The van der Waals surface area contributed by atoms with E-state index in [1.165, 1.54) is 6.07 Å². The maximum absolute atomic E-state index is 12.8. The topological polar surface area (TPSA) is 46.3 Å². The van der Waals surface area contributed by atoms with Crippen molar-refractivity contribution in [2.45, 2.75) is 36.9 Å². The number of alkyl halides is 3. The van der Waals surface area contributed by atoms with Crippen molar-refractivity contribution in [2.24, 2.45) is 5.73 Å². The number of benzene rings is 1. The highest BCUT2D eigenvalue weighted by Gasteiger charge is 2.54. The Morgan fingerprint density at radius 3 is 2.50 bits per heavy atom. The third kappa shape index (κ3) is 2.94. The van der Waals surface area contributed by atoms with Crippen LogP contribution in [0.1, 0.15) is 30.4 Å². The van der Waals surface area contributed by atoms with Crippen molar-refractivity contribution in [2.75, 3.05) is 13.1 Å². The molecule has 122 valence electrons. The molecular formula is C15H18ClF3N2O. The van der Waals surface area contributed by atoms with Gasteiger partial charge in [0.2, 0.25) is 5.91 Å². The van der Waals surface area contributed by atoms with Crippen molar-refractivity contribution in [3.63, 3.8) is 0 Å². The van der Waals surface area contributed by atoms with Gasteiger partial charge in [-0.25, -0.2) is 0 Å². The largest absolute Gasteiger partial charge is 0.416 e. The molecule has 2 fully saturated rings. The van der Waals surface area contributed by atoms with Crippen LogP contribution in [-0.4, -0.2) is 29.9 Å². The Labute approximate surface area is 133 Å². The van der Waals surface area contributed by atoms with E-state index in [1.54, 1.807) is 11.0 Å². The van der Waals surface area contributed by atoms with Crippen molar-refractivity contribution in [1.82, 2.24) is 4.90 Å². The summed E-state index contributed by atoms with van der Waals surface area (Å²) < 4.78 is 38.5. The molecule has 1 unspecified atom stereocenters. The molecule has 2 N–H and O–H groups in total. The minimum absolute atomic E-state index is 0. The molecule has 3 rings (SSSR count). The lowest BCUT2D eigenvalue weighted by Gasteiger charge is -2.24. The van der Waals surface area contributed by atoms with Crippen LogP contribution in [0.5, 0.6) is 0 Å². The minimum atomic E-state index is -4.38. The Hall–Kier alpha value is -1.27. The fourth-order valence-corrected chi connectivity index (χ4v) is 3.02. The van der Waals surface area contributed by atoms with Gasteiger partial charge in [-0.05, 0) is 30.9 Å². The van der Waals surface area contributed by atoms with Crippen LogP contribution in [0.2, 0.25) is 0 Å². The molecule has 7 heteroatoms. The number of carbonyl (C=O) groups is 1. The van der Waals surface area contributed by atoms with Gasteiger partial charge >= 0.3 is 6.18 Å². The Morgan fingerprint density at radius 1 is 1.32 bits per heavy atom. The van der Waals surface area contributed by atoms with Crippen molar-refractivity contribution >= 4 is 18.3 Å². The maximum atomic E-state index is 12.8. The highest BCUT2D eigenvalue weighted by atomic mass is 35.5. The van der Waals surface area contributed by atoms with Gasteiger partial charge in [0, 0.05) is 19.1 Å². The van der Waals surface area contributed by atoms with Crippen molar-refractivity contribution < 1.29 is 18.0 Å². The highest BCUT2D eigenvalue weighted by Crippen LogP contribution is 2.50. The van der Waals surface area contributed by atoms with Gasteiger partial charge in [0.1, 0.15) is 0 Å². The second-order valence-electron chi connectivity index (χ2n) is 5.96. The summed E-state index contributed by atoms with van der Waals surface area (Å²) in [5, 5.41) is 0. The van der Waals surface area contributed by atoms with E-state index in [2.05, 4.69) is 0 Å². The van der Waals surface area contributed by atoms with Gasteiger partial charge < -0.3 is 10.6 Å². The van der Waals surface area contributed by atoms with E-state index in [1.807, 2.05) is 0 Å². The maximum Gasteiger partial charge on any atom is 0.416 e. The van der Waals surface area contributed by atoms with Gasteiger partial charge in [-0.3, -0.25) is 4.79 Å². The normalized spacial score (nSPS) is 23.1. The zero-order chi connectivity index (χ0) is 15.3. The fourth-order valence-electron chi connectivity index (χ4n) is 3.02. The van der Waals surface area contributed by atoms with E-state index in [9.17, 15) is 18.0 Å². The molecule has 0 bridgehead atoms. The van der Waals surface area contributed by atoms with Gasteiger partial charge in [-0.1, -0.05) is 18.2 Å². The van der Waals surface area contributed by atoms with E-state index >= 15 is 0 Å². The summed E-state index contributed by atoms with van der Waals surface area (Å²) in [4.78, 5) is 14.3. The van der Waals surface area contributed by atoms with Crippen molar-refractivity contribution in [3.05, 3.63) is 35.4 Å². The number of hydrogen-bond acceptors (Lipinski definition) is 2. The molecule has 2 aliphatic rings. The molecule has 1 heterocycles. The average molecular weight is 335 g/mol. The molecule has 0 radical (unpaired) electrons. The monoisotopic (exact) mass is 334 g/mol. The summed E-state index contributed by atoms with van der Waals surface area (Å²) in [6.07, 6.45) is -2.41. The molecule has 0 aromatic heterocycles. The Balaban J connectivity index is 0.00000176. The number of halogens is 4. The Kier molecular flexibility index (Phi) is 4.46. The van der Waals surface area contributed by atoms with Crippen molar-refractivity contribution in [1.29, 1.82) is 0 Å². The van der Waals surface area contributed by atoms with Crippen LogP contribution >= 0.6 is 12.4 Å². The molecule has 1 saturated carbocycles. The molecule has 1 aliphatic carbocycles. The Bertz CT molecular complexity index is 572. The minimum Gasteiger partial charge on any atom is -0.340 e. The molecule has 1 aromatic carbocycles. The summed E-state index contributed by atoms with van der Waals surface area (Å²) in [5.41, 5.74) is 4.82. The lowest BCUT2D eigenvalue weighted by molar-refractivity contribution is -0.138. The van der Waals surface area contributed by atoms with Gasteiger partial charge in [-0.2, -0.15) is 13.2 Å². The Morgan fingerprint density at radius 2 is 2.00 bits per heavy atom. The summed E-state index contributed by atoms with van der Waals surface area (Å²) in [5.74, 6) is -0.0743. The number of likely N-dealkylation sites (tertiary alicyclic amines) is 1. The standard InChI is InChI=1S/C15H17F3N2O.ClH/c16-15(17,18)11-3-1-2-10(8-11)14(5-6-14)13(21)20-7-4-12(19)9-20;/h1-3,8,12H,4-7,9,19H2;1H. The smallest absolute Gasteiger partial charge is 0.340 e. The van der Waals surface area contributed by atoms with Crippen molar-refractivity contribution in [3.8, 4) is 0 Å². The number of carbonyl (C=O) groups excluding carboxylic acids is 1. The molecule has 1 atom stereocenters. The first-order valence-electron chi connectivity index (χ1n) is 7.06. The molecule has 3 nitrogen and oxygen atoms in total. The van der Waals surface area contributed by atoms with E-state index < -0.39 is 17.2 Å². The SMILES string of the molecule is Cl.NC1CCN(C(=O)C2(c3cccc(C(F)(F)F)c3)CC2)C1. The predicted octanol–water partition coefficient (Wildman–Crippen LogP) is 2.72. The zero-order valence-electron chi connectivity index (χ0n) is 11.9. The second kappa shape index (κ2) is 5.74. The first kappa shape index (κ1) is 17.1. The van der Waals surface area contributed by atoms with Crippen LogP contribution in [0.3, 0.4) is 0 Å². The van der Waals surface area contributed by atoms with E-state index in [0.717, 1.165) is 18.6 Å². The van der Waals surface area contributed by atoms with Crippen LogP contribution in [0, 0.1) is 0 Å². The molecule has 1 aliphatic heterocycles. The van der Waals surface area contributed by atoms with Crippen LogP contribution in [0.15, 0.2) is 24.3 Å². The van der Waals surface area contributed by atoms with Crippen LogP contribution < -0.4 is 5.73 Å². The molecule has 1 saturated heterocycles. The van der Waals surface area contributed by atoms with E-state index in [0.29, 0.717) is 31.5 Å². The van der Waals surface area contributed by atoms with Gasteiger partial charge in [0.15, 0.2) is 0 Å². The fraction of sp³-hybridized carbons (Fsp3) is 0.533.